The Kier molecular flexibility index (Phi) is 9.27. The van der Waals surface area contributed by atoms with Gasteiger partial charge in [0.1, 0.15) is 11.5 Å². The molecule has 2 saturated heterocycles. The number of rotatable bonds is 7. The fourth-order valence-corrected chi connectivity index (χ4v) is 4.98. The molecule has 2 aromatic heterocycles. The molecule has 1 aromatic carbocycles. The SMILES string of the molecule is Cl.N[C@@H]1C[C@H](N)CN(c2nc(Nc3ccc(C(=O)NCc4ccco4)c(O)c3)nc(N3C[C@H](N)C[C@H](N)C3)n2)C1. The summed E-state index contributed by atoms with van der Waals surface area (Å²) in [5.74, 6) is 1.08. The number of aromatic nitrogens is 3. The second-order valence-corrected chi connectivity index (χ2v) is 10.2. The van der Waals surface area contributed by atoms with Crippen LogP contribution in [-0.4, -0.2) is 76.3 Å². The van der Waals surface area contributed by atoms with Crippen molar-refractivity contribution in [3.63, 3.8) is 0 Å². The Labute approximate surface area is 237 Å². The van der Waals surface area contributed by atoms with Crippen molar-refractivity contribution in [2.45, 2.75) is 43.6 Å². The first kappa shape index (κ1) is 29.3. The molecule has 1 amide bonds. The van der Waals surface area contributed by atoms with E-state index in [1.807, 2.05) is 9.80 Å². The van der Waals surface area contributed by atoms with Crippen LogP contribution in [0.15, 0.2) is 41.0 Å². The summed E-state index contributed by atoms with van der Waals surface area (Å²) in [4.78, 5) is 30.4. The topological polar surface area (TPSA) is 224 Å². The van der Waals surface area contributed by atoms with Crippen LogP contribution in [0.5, 0.6) is 5.75 Å². The molecule has 0 bridgehead atoms. The van der Waals surface area contributed by atoms with Crippen molar-refractivity contribution in [1.82, 2.24) is 20.3 Å². The maximum absolute atomic E-state index is 12.6. The van der Waals surface area contributed by atoms with Crippen molar-refractivity contribution in [2.75, 3.05) is 41.3 Å². The van der Waals surface area contributed by atoms with Crippen LogP contribution < -0.4 is 43.4 Å². The van der Waals surface area contributed by atoms with Crippen LogP contribution in [0.4, 0.5) is 23.5 Å². The van der Waals surface area contributed by atoms with Crippen LogP contribution in [0.1, 0.15) is 29.0 Å². The van der Waals surface area contributed by atoms with Gasteiger partial charge in [-0.05, 0) is 37.1 Å². The third-order valence-electron chi connectivity index (χ3n) is 6.71. The molecule has 0 spiro atoms. The van der Waals surface area contributed by atoms with Gasteiger partial charge in [-0.3, -0.25) is 4.79 Å². The first-order valence-corrected chi connectivity index (χ1v) is 12.9. The van der Waals surface area contributed by atoms with E-state index in [0.29, 0.717) is 49.5 Å². The summed E-state index contributed by atoms with van der Waals surface area (Å²) in [6.07, 6.45) is 2.96. The van der Waals surface area contributed by atoms with Crippen molar-refractivity contribution in [1.29, 1.82) is 0 Å². The van der Waals surface area contributed by atoms with Gasteiger partial charge >= 0.3 is 0 Å². The number of hydrogen-bond acceptors (Lipinski definition) is 13. The molecular formula is C25H36ClN11O3. The third kappa shape index (κ3) is 7.08. The number of anilines is 4. The van der Waals surface area contributed by atoms with E-state index in [9.17, 15) is 9.90 Å². The fraction of sp³-hybridized carbons (Fsp3) is 0.440. The summed E-state index contributed by atoms with van der Waals surface area (Å²) in [7, 11) is 0. The van der Waals surface area contributed by atoms with E-state index in [-0.39, 0.29) is 60.4 Å². The number of amides is 1. The number of nitrogens with one attached hydrogen (secondary N) is 2. The number of hydrogen-bond donors (Lipinski definition) is 7. The lowest BCUT2D eigenvalue weighted by atomic mass is 10.0. The highest BCUT2D eigenvalue weighted by atomic mass is 35.5. The average Bonchev–Trinajstić information content (AvgIpc) is 3.40. The van der Waals surface area contributed by atoms with E-state index < -0.39 is 5.91 Å². The van der Waals surface area contributed by atoms with E-state index in [4.69, 9.17) is 32.3 Å². The number of piperidine rings is 2. The van der Waals surface area contributed by atoms with Gasteiger partial charge < -0.3 is 52.9 Å². The second kappa shape index (κ2) is 12.7. The molecule has 14 nitrogen and oxygen atoms in total. The minimum Gasteiger partial charge on any atom is -0.507 e. The lowest BCUT2D eigenvalue weighted by molar-refractivity contribution is 0.0945. The van der Waals surface area contributed by atoms with Crippen LogP contribution >= 0.6 is 12.4 Å². The molecule has 5 rings (SSSR count). The molecule has 2 aliphatic heterocycles. The lowest BCUT2D eigenvalue weighted by Crippen LogP contribution is -2.54. The first-order chi connectivity index (χ1) is 18.7. The zero-order chi connectivity index (χ0) is 27.5. The van der Waals surface area contributed by atoms with E-state index in [2.05, 4.69) is 20.6 Å². The average molecular weight is 574 g/mol. The molecule has 40 heavy (non-hydrogen) atoms. The van der Waals surface area contributed by atoms with Crippen LogP contribution in [0, 0.1) is 0 Å². The quantitative estimate of drug-likeness (QED) is 0.198. The summed E-state index contributed by atoms with van der Waals surface area (Å²) in [6, 6.07) is 7.67. The van der Waals surface area contributed by atoms with Crippen LogP contribution in [0.2, 0.25) is 0 Å². The summed E-state index contributed by atoms with van der Waals surface area (Å²) in [6.45, 7) is 2.42. The number of nitrogens with zero attached hydrogens (tertiary/aromatic N) is 5. The van der Waals surface area contributed by atoms with E-state index in [1.165, 1.54) is 18.4 Å². The third-order valence-corrected chi connectivity index (χ3v) is 6.71. The maximum atomic E-state index is 12.6. The molecule has 0 radical (unpaired) electrons. The van der Waals surface area contributed by atoms with E-state index in [0.717, 1.165) is 12.8 Å². The Morgan fingerprint density at radius 2 is 1.50 bits per heavy atom. The Morgan fingerprint density at radius 1 is 0.925 bits per heavy atom. The monoisotopic (exact) mass is 573 g/mol. The number of nitrogens with two attached hydrogens (primary N) is 4. The molecule has 216 valence electrons. The van der Waals surface area contributed by atoms with Crippen LogP contribution in [-0.2, 0) is 6.54 Å². The first-order valence-electron chi connectivity index (χ1n) is 12.9. The Morgan fingerprint density at radius 3 is 2.00 bits per heavy atom. The number of phenols is 1. The summed E-state index contributed by atoms with van der Waals surface area (Å²) in [5.41, 5.74) is 25.5. The van der Waals surface area contributed by atoms with Gasteiger partial charge in [-0.1, -0.05) is 0 Å². The summed E-state index contributed by atoms with van der Waals surface area (Å²) >= 11 is 0. The number of carbonyl (C=O) groups is 1. The predicted octanol–water partition coefficient (Wildman–Crippen LogP) is -0.00500. The van der Waals surface area contributed by atoms with Gasteiger partial charge in [0.25, 0.3) is 5.91 Å². The number of halogens is 1. The molecule has 0 aliphatic carbocycles. The molecular weight excluding hydrogens is 538 g/mol. The van der Waals surface area contributed by atoms with Crippen molar-refractivity contribution < 1.29 is 14.3 Å². The normalized spacial score (nSPS) is 22.9. The number of benzene rings is 1. The van der Waals surface area contributed by atoms with Crippen molar-refractivity contribution in [3.8, 4) is 5.75 Å². The number of furan rings is 1. The molecule has 2 aliphatic rings. The number of aromatic hydroxyl groups is 1. The predicted molar refractivity (Wildman–Crippen MR) is 154 cm³/mol. The molecule has 15 heteroatoms. The van der Waals surface area contributed by atoms with Crippen LogP contribution in [0.25, 0.3) is 0 Å². The van der Waals surface area contributed by atoms with Crippen molar-refractivity contribution in [2.24, 2.45) is 22.9 Å². The standard InChI is InChI=1S/C25H35N11O3.ClH/c26-14-6-15(27)11-35(10-14)24-32-23(33-25(34-24)36-12-16(28)7-17(29)13-36)31-18-3-4-20(21(37)8-18)22(38)30-9-19-2-1-5-39-19;/h1-5,8,14-17,37H,6-7,9-13,26-29H2,(H,30,38)(H,31,32,33,34);1H/t14-,15+,16-,17+;. The van der Waals surface area contributed by atoms with E-state index >= 15 is 0 Å². The lowest BCUT2D eigenvalue weighted by Gasteiger charge is -2.37. The van der Waals surface area contributed by atoms with E-state index in [1.54, 1.807) is 18.2 Å². The van der Waals surface area contributed by atoms with Gasteiger partial charge in [0.15, 0.2) is 0 Å². The number of carbonyl (C=O) groups excluding carboxylic acids is 1. The van der Waals surface area contributed by atoms with Crippen molar-refractivity contribution in [3.05, 3.63) is 47.9 Å². The van der Waals surface area contributed by atoms with Gasteiger partial charge in [0.05, 0.1) is 18.4 Å². The minimum atomic E-state index is -0.435. The fourth-order valence-electron chi connectivity index (χ4n) is 4.98. The van der Waals surface area contributed by atoms with Gasteiger partial charge in [0.2, 0.25) is 17.8 Å². The largest absolute Gasteiger partial charge is 0.507 e. The molecule has 3 aromatic rings. The highest BCUT2D eigenvalue weighted by molar-refractivity contribution is 5.97. The van der Waals surface area contributed by atoms with Gasteiger partial charge in [-0.25, -0.2) is 0 Å². The highest BCUT2D eigenvalue weighted by Gasteiger charge is 2.29. The Bertz CT molecular complexity index is 1230. The van der Waals surface area contributed by atoms with Gasteiger partial charge in [-0.2, -0.15) is 15.0 Å². The molecule has 4 atom stereocenters. The minimum absolute atomic E-state index is 0. The second-order valence-electron chi connectivity index (χ2n) is 10.2. The summed E-state index contributed by atoms with van der Waals surface area (Å²) in [5, 5.41) is 16.4. The maximum Gasteiger partial charge on any atom is 0.255 e. The zero-order valence-corrected chi connectivity index (χ0v) is 22.8. The number of phenolic OH excluding ortho intramolecular Hbond substituents is 1. The molecule has 0 saturated carbocycles. The molecule has 0 unspecified atom stereocenters. The van der Waals surface area contributed by atoms with Gasteiger partial charge in [0, 0.05) is 62.1 Å². The highest BCUT2D eigenvalue weighted by Crippen LogP contribution is 2.27. The van der Waals surface area contributed by atoms with Crippen molar-refractivity contribution >= 4 is 41.8 Å². The Balaban J connectivity index is 0.00000370. The zero-order valence-electron chi connectivity index (χ0n) is 21.9. The Hall–Kier alpha value is -3.69. The molecule has 4 heterocycles. The van der Waals surface area contributed by atoms with Crippen LogP contribution in [0.3, 0.4) is 0 Å². The molecule has 2 fully saturated rings. The molecule has 11 N–H and O–H groups in total. The summed E-state index contributed by atoms with van der Waals surface area (Å²) < 4.78 is 5.22. The smallest absolute Gasteiger partial charge is 0.255 e. The van der Waals surface area contributed by atoms with Gasteiger partial charge in [-0.15, -0.1) is 12.4 Å².